The van der Waals surface area contributed by atoms with Gasteiger partial charge in [0.05, 0.1) is 0 Å². The maximum Gasteiger partial charge on any atom is 0.160 e. The molecule has 0 unspecified atom stereocenters. The van der Waals surface area contributed by atoms with Crippen LogP contribution in [0.25, 0.3) is 43.1 Å². The second-order valence-corrected chi connectivity index (χ2v) is 10.3. The van der Waals surface area contributed by atoms with E-state index in [0.717, 1.165) is 32.3 Å². The van der Waals surface area contributed by atoms with E-state index in [-0.39, 0.29) is 23.1 Å². The molecule has 5 aromatic carbocycles. The van der Waals surface area contributed by atoms with Crippen LogP contribution in [-0.2, 0) is 0 Å². The number of rotatable bonds is 4. The van der Waals surface area contributed by atoms with Crippen LogP contribution in [0.4, 0.5) is 0 Å². The molecule has 6 heteroatoms. The van der Waals surface area contributed by atoms with Crippen molar-refractivity contribution in [3.05, 3.63) is 67.6 Å². The first-order valence-electron chi connectivity index (χ1n) is 10.7. The molecule has 0 saturated heterocycles. The Bertz CT molecular complexity index is 1650. The van der Waals surface area contributed by atoms with Crippen LogP contribution in [0.2, 0.25) is 0 Å². The Hall–Kier alpha value is -2.96. The maximum atomic E-state index is 12.6. The molecule has 0 bridgehead atoms. The second kappa shape index (κ2) is 7.79. The van der Waals surface area contributed by atoms with Crippen molar-refractivity contribution in [2.24, 2.45) is 0 Å². The third-order valence-corrected chi connectivity index (χ3v) is 7.78. The van der Waals surface area contributed by atoms with Crippen molar-refractivity contribution >= 4 is 98.1 Å². The molecule has 0 aliphatic rings. The number of benzene rings is 5. The molecule has 5 rings (SSSR count). The first kappa shape index (κ1) is 22.8. The minimum Gasteiger partial charge on any atom is -0.294 e. The summed E-state index contributed by atoms with van der Waals surface area (Å²) in [5.74, 6) is -0.533. The smallest absolute Gasteiger partial charge is 0.160 e. The van der Waals surface area contributed by atoms with Crippen LogP contribution >= 0.6 is 31.9 Å². The molecular formula is C28H18Br2O4. The summed E-state index contributed by atoms with van der Waals surface area (Å²) in [6, 6.07) is 10.8. The van der Waals surface area contributed by atoms with Gasteiger partial charge in [0, 0.05) is 63.5 Å². The van der Waals surface area contributed by atoms with Crippen LogP contribution in [0.1, 0.15) is 69.1 Å². The lowest BCUT2D eigenvalue weighted by molar-refractivity contribution is 0.100. The Morgan fingerprint density at radius 2 is 0.794 bits per heavy atom. The lowest BCUT2D eigenvalue weighted by atomic mass is 9.83. The highest BCUT2D eigenvalue weighted by atomic mass is 79.9. The van der Waals surface area contributed by atoms with Gasteiger partial charge in [-0.15, -0.1) is 0 Å². The van der Waals surface area contributed by atoms with Crippen molar-refractivity contribution in [3.63, 3.8) is 0 Å². The Labute approximate surface area is 211 Å². The van der Waals surface area contributed by atoms with Crippen molar-refractivity contribution in [1.82, 2.24) is 0 Å². The SMILES string of the molecule is CC(=O)c1ccc2c3c(Br)cc(C(C)=O)c4c(C(C)=O)ccc(c5c(Br)cc(C(C)=O)c1c25)c43. The summed E-state index contributed by atoms with van der Waals surface area (Å²) in [7, 11) is 0. The maximum absolute atomic E-state index is 12.6. The van der Waals surface area contributed by atoms with Gasteiger partial charge in [-0.25, -0.2) is 0 Å². The van der Waals surface area contributed by atoms with Crippen LogP contribution in [-0.4, -0.2) is 23.1 Å². The van der Waals surface area contributed by atoms with Crippen molar-refractivity contribution in [3.8, 4) is 0 Å². The van der Waals surface area contributed by atoms with Gasteiger partial charge in [-0.2, -0.15) is 0 Å². The van der Waals surface area contributed by atoms with E-state index in [9.17, 15) is 19.2 Å². The van der Waals surface area contributed by atoms with Crippen molar-refractivity contribution in [2.45, 2.75) is 27.7 Å². The summed E-state index contributed by atoms with van der Waals surface area (Å²) in [4.78, 5) is 50.4. The molecule has 0 aromatic heterocycles. The van der Waals surface area contributed by atoms with Gasteiger partial charge < -0.3 is 0 Å². The Kier molecular flexibility index (Phi) is 5.22. The van der Waals surface area contributed by atoms with Gasteiger partial charge in [-0.3, -0.25) is 19.2 Å². The van der Waals surface area contributed by atoms with Crippen molar-refractivity contribution in [2.75, 3.05) is 0 Å². The molecule has 0 radical (unpaired) electrons. The number of hydrogen-bond donors (Lipinski definition) is 0. The number of halogens is 2. The summed E-state index contributed by atoms with van der Waals surface area (Å²) in [6.07, 6.45) is 0. The zero-order valence-electron chi connectivity index (χ0n) is 18.9. The summed E-state index contributed by atoms with van der Waals surface area (Å²) < 4.78 is 1.41. The van der Waals surface area contributed by atoms with E-state index in [0.29, 0.717) is 42.0 Å². The average Bonchev–Trinajstić information content (AvgIpc) is 2.77. The standard InChI is InChI=1S/C28H18Br2O4/c1-11(31)15-5-7-17-26-22(30)10-20(14(4)34)24-16(12(2)32)6-8-18(28(24)26)25-21(29)9-19(13(3)33)23(15)27(17)25/h5-10H,1-4H3. The Morgan fingerprint density at radius 1 is 0.471 bits per heavy atom. The second-order valence-electron chi connectivity index (χ2n) is 8.61. The fourth-order valence-corrected chi connectivity index (χ4v) is 6.43. The molecule has 0 heterocycles. The number of hydrogen-bond acceptors (Lipinski definition) is 4. The Morgan fingerprint density at radius 3 is 1.09 bits per heavy atom. The number of Topliss-reactive ketones (excluding diaryl/α,β-unsaturated/α-hetero) is 4. The van der Waals surface area contributed by atoms with Crippen molar-refractivity contribution < 1.29 is 19.2 Å². The number of carbonyl (C=O) groups excluding carboxylic acids is 4. The van der Waals surface area contributed by atoms with E-state index in [1.165, 1.54) is 27.7 Å². The molecule has 4 nitrogen and oxygen atoms in total. The zero-order valence-corrected chi connectivity index (χ0v) is 22.0. The van der Waals surface area contributed by atoms with E-state index in [4.69, 9.17) is 0 Å². The summed E-state index contributed by atoms with van der Waals surface area (Å²) >= 11 is 7.35. The molecule has 0 aliphatic carbocycles. The van der Waals surface area contributed by atoms with Crippen LogP contribution in [0.5, 0.6) is 0 Å². The number of fused-ring (bicyclic) bond motifs is 2. The predicted molar refractivity (Wildman–Crippen MR) is 143 cm³/mol. The van der Waals surface area contributed by atoms with Gasteiger partial charge in [0.2, 0.25) is 0 Å². The van der Waals surface area contributed by atoms with E-state index < -0.39 is 0 Å². The highest BCUT2D eigenvalue weighted by molar-refractivity contribution is 9.11. The molecule has 0 atom stereocenters. The van der Waals surface area contributed by atoms with Crippen LogP contribution in [0.3, 0.4) is 0 Å². The fraction of sp³-hybridized carbons (Fsp3) is 0.143. The minimum atomic E-state index is -0.138. The van der Waals surface area contributed by atoms with Gasteiger partial charge in [0.15, 0.2) is 23.1 Å². The van der Waals surface area contributed by atoms with Gasteiger partial charge in [-0.1, -0.05) is 56.1 Å². The van der Waals surface area contributed by atoms with Gasteiger partial charge >= 0.3 is 0 Å². The summed E-state index contributed by atoms with van der Waals surface area (Å²) in [5.41, 5.74) is 1.90. The number of carbonyl (C=O) groups is 4. The molecule has 0 fully saturated rings. The molecular weight excluding hydrogens is 560 g/mol. The topological polar surface area (TPSA) is 68.3 Å². The third kappa shape index (κ3) is 3.01. The molecule has 0 aliphatic heterocycles. The zero-order chi connectivity index (χ0) is 24.6. The van der Waals surface area contributed by atoms with E-state index in [1.807, 2.05) is 12.1 Å². The molecule has 0 N–H and O–H groups in total. The van der Waals surface area contributed by atoms with Gasteiger partial charge in [-0.05, 0) is 50.6 Å². The molecule has 0 saturated carbocycles. The predicted octanol–water partition coefficient (Wildman–Crippen LogP) is 8.07. The first-order valence-corrected chi connectivity index (χ1v) is 12.3. The summed E-state index contributed by atoms with van der Waals surface area (Å²) in [5, 5.41) is 6.16. The number of ketones is 4. The lowest BCUT2D eigenvalue weighted by Crippen LogP contribution is -2.05. The average molecular weight is 578 g/mol. The molecule has 5 aromatic rings. The van der Waals surface area contributed by atoms with Crippen LogP contribution < -0.4 is 0 Å². The lowest BCUT2D eigenvalue weighted by Gasteiger charge is -2.21. The van der Waals surface area contributed by atoms with Crippen LogP contribution in [0.15, 0.2) is 45.3 Å². The van der Waals surface area contributed by atoms with E-state index in [2.05, 4.69) is 31.9 Å². The van der Waals surface area contributed by atoms with Crippen LogP contribution in [0, 0.1) is 0 Å². The first-order chi connectivity index (χ1) is 16.0. The quantitative estimate of drug-likeness (QED) is 0.123. The normalized spacial score (nSPS) is 11.7. The van der Waals surface area contributed by atoms with Gasteiger partial charge in [0.1, 0.15) is 0 Å². The summed E-state index contributed by atoms with van der Waals surface area (Å²) in [6.45, 7) is 5.97. The fourth-order valence-electron chi connectivity index (χ4n) is 5.15. The monoisotopic (exact) mass is 576 g/mol. The highest BCUT2D eigenvalue weighted by Crippen LogP contribution is 2.48. The van der Waals surface area contributed by atoms with Gasteiger partial charge in [0.25, 0.3) is 0 Å². The van der Waals surface area contributed by atoms with E-state index >= 15 is 0 Å². The minimum absolute atomic E-state index is 0.129. The largest absolute Gasteiger partial charge is 0.294 e. The highest BCUT2D eigenvalue weighted by Gasteiger charge is 2.26. The molecule has 34 heavy (non-hydrogen) atoms. The molecule has 0 amide bonds. The molecule has 0 spiro atoms. The molecule has 168 valence electrons. The van der Waals surface area contributed by atoms with E-state index in [1.54, 1.807) is 24.3 Å². The third-order valence-electron chi connectivity index (χ3n) is 6.52. The Balaban J connectivity index is 2.25. The van der Waals surface area contributed by atoms with Crippen molar-refractivity contribution in [1.29, 1.82) is 0 Å².